The molecule has 0 fully saturated rings. The van der Waals surface area contributed by atoms with Gasteiger partial charge in [0.2, 0.25) is 0 Å². The molecule has 6 rings (SSSR count). The van der Waals surface area contributed by atoms with E-state index in [2.05, 4.69) is 60.5 Å². The number of carbonyl (C=O) groups is 1. The van der Waals surface area contributed by atoms with E-state index in [0.717, 1.165) is 44.7 Å². The second-order valence-electron chi connectivity index (χ2n) is 7.60. The number of carbonyl (C=O) groups excluding carboxylic acids is 1. The Balaban J connectivity index is 1.49. The van der Waals surface area contributed by atoms with Crippen molar-refractivity contribution in [2.24, 2.45) is 0 Å². The number of nitrogens with one attached hydrogen (secondary N) is 2. The molecule has 1 amide bonds. The Kier molecular flexibility index (Phi) is 4.36. The Labute approximate surface area is 191 Å². The summed E-state index contributed by atoms with van der Waals surface area (Å²) in [5.41, 5.74) is 7.57. The summed E-state index contributed by atoms with van der Waals surface area (Å²) >= 11 is 3.43. The Bertz CT molecular complexity index is 1480. The van der Waals surface area contributed by atoms with E-state index in [1.807, 2.05) is 24.3 Å². The molecular formula is C25H16BrN5O. The second-order valence-corrected chi connectivity index (χ2v) is 8.45. The lowest BCUT2D eigenvalue weighted by Gasteiger charge is -2.17. The number of halogens is 1. The third kappa shape index (κ3) is 2.93. The fourth-order valence-corrected chi connectivity index (χ4v) is 4.79. The first-order chi connectivity index (χ1) is 15.7. The predicted octanol–water partition coefficient (Wildman–Crippen LogP) is 5.28. The molecule has 154 valence electrons. The van der Waals surface area contributed by atoms with Gasteiger partial charge in [-0.3, -0.25) is 14.8 Å². The van der Waals surface area contributed by atoms with Crippen LogP contribution in [-0.4, -0.2) is 25.8 Å². The van der Waals surface area contributed by atoms with Crippen LogP contribution in [-0.2, 0) is 0 Å². The summed E-state index contributed by atoms with van der Waals surface area (Å²) in [6.45, 7) is 0. The average Bonchev–Trinajstić information content (AvgIpc) is 3.39. The van der Waals surface area contributed by atoms with Crippen LogP contribution in [0.3, 0.4) is 0 Å². The highest BCUT2D eigenvalue weighted by atomic mass is 79.9. The predicted molar refractivity (Wildman–Crippen MR) is 126 cm³/mol. The summed E-state index contributed by atoms with van der Waals surface area (Å²) in [4.78, 5) is 29.5. The van der Waals surface area contributed by atoms with Gasteiger partial charge in [0.05, 0.1) is 28.8 Å². The van der Waals surface area contributed by atoms with Crippen LogP contribution in [0.2, 0.25) is 0 Å². The molecule has 0 unspecified atom stereocenters. The van der Waals surface area contributed by atoms with Crippen molar-refractivity contribution in [3.05, 3.63) is 101 Å². The first-order valence-corrected chi connectivity index (χ1v) is 10.9. The van der Waals surface area contributed by atoms with Gasteiger partial charge in [-0.05, 0) is 50.3 Å². The Hall–Kier alpha value is -3.84. The zero-order chi connectivity index (χ0) is 21.7. The maximum atomic E-state index is 13.1. The molecule has 1 aliphatic rings. The smallest absolute Gasteiger partial charge is 0.253 e. The van der Waals surface area contributed by atoms with Gasteiger partial charge in [0.1, 0.15) is 5.82 Å². The van der Waals surface area contributed by atoms with Crippen LogP contribution in [0.1, 0.15) is 27.5 Å². The maximum absolute atomic E-state index is 13.1. The number of aromatic amines is 1. The molecule has 3 heterocycles. The summed E-state index contributed by atoms with van der Waals surface area (Å²) in [5, 5.41) is 3.22. The van der Waals surface area contributed by atoms with Crippen LogP contribution in [0.25, 0.3) is 33.5 Å². The molecule has 2 N–H and O–H groups in total. The van der Waals surface area contributed by atoms with Crippen molar-refractivity contribution in [1.29, 1.82) is 0 Å². The number of benzene rings is 2. The van der Waals surface area contributed by atoms with Crippen LogP contribution < -0.4 is 5.32 Å². The van der Waals surface area contributed by atoms with E-state index >= 15 is 0 Å². The SMILES string of the molecule is O=C(N[C@@H]1c2ccccc2-c2c(-c3nc4ccncc4[nH]3)cccc21)c1ccncc1Br. The average molecular weight is 482 g/mol. The van der Waals surface area contributed by atoms with Crippen LogP contribution in [0, 0.1) is 0 Å². The zero-order valence-electron chi connectivity index (χ0n) is 16.7. The van der Waals surface area contributed by atoms with Crippen LogP contribution in [0.15, 0.2) is 83.9 Å². The molecule has 0 saturated heterocycles. The fourth-order valence-electron chi connectivity index (χ4n) is 4.36. The molecule has 0 bridgehead atoms. The van der Waals surface area contributed by atoms with Crippen molar-refractivity contribution in [2.75, 3.05) is 0 Å². The molecule has 1 atom stereocenters. The number of hydrogen-bond donors (Lipinski definition) is 2. The minimum absolute atomic E-state index is 0.160. The molecule has 2 aromatic carbocycles. The van der Waals surface area contributed by atoms with Gasteiger partial charge in [0, 0.05) is 28.6 Å². The van der Waals surface area contributed by atoms with Crippen molar-refractivity contribution >= 4 is 32.9 Å². The summed E-state index contributed by atoms with van der Waals surface area (Å²) in [7, 11) is 0. The standard InChI is InChI=1S/C25H16BrN5O/c26-19-12-27-10-8-16(19)25(32)31-23-15-5-2-1-4-14(15)22-17(23)6-3-7-18(22)24-29-20-9-11-28-13-21(20)30-24/h1-13,23H,(H,29,30)(H,31,32)/t23-/m1/s1. The molecule has 0 radical (unpaired) electrons. The largest absolute Gasteiger partial charge is 0.341 e. The summed E-state index contributed by atoms with van der Waals surface area (Å²) < 4.78 is 0.661. The van der Waals surface area contributed by atoms with Gasteiger partial charge in [-0.25, -0.2) is 4.98 Å². The number of rotatable bonds is 3. The molecule has 0 aliphatic heterocycles. The normalized spacial score (nSPS) is 14.2. The highest BCUT2D eigenvalue weighted by Gasteiger charge is 2.32. The van der Waals surface area contributed by atoms with E-state index in [9.17, 15) is 4.79 Å². The molecule has 7 heteroatoms. The first-order valence-electron chi connectivity index (χ1n) is 10.1. The number of amides is 1. The third-order valence-electron chi connectivity index (χ3n) is 5.78. The monoisotopic (exact) mass is 481 g/mol. The zero-order valence-corrected chi connectivity index (χ0v) is 18.3. The number of nitrogens with zero attached hydrogens (tertiary/aromatic N) is 3. The van der Waals surface area contributed by atoms with Gasteiger partial charge >= 0.3 is 0 Å². The van der Waals surface area contributed by atoms with Crippen molar-refractivity contribution in [2.45, 2.75) is 6.04 Å². The first kappa shape index (κ1) is 18.9. The maximum Gasteiger partial charge on any atom is 0.253 e. The summed E-state index contributed by atoms with van der Waals surface area (Å²) in [6.07, 6.45) is 6.75. The lowest BCUT2D eigenvalue weighted by atomic mass is 9.98. The van der Waals surface area contributed by atoms with E-state index in [1.54, 1.807) is 30.9 Å². The second kappa shape index (κ2) is 7.39. The van der Waals surface area contributed by atoms with Crippen LogP contribution >= 0.6 is 15.9 Å². The van der Waals surface area contributed by atoms with E-state index < -0.39 is 0 Å². The lowest BCUT2D eigenvalue weighted by Crippen LogP contribution is -2.28. The molecular weight excluding hydrogens is 466 g/mol. The van der Waals surface area contributed by atoms with E-state index in [1.165, 1.54) is 0 Å². The summed E-state index contributed by atoms with van der Waals surface area (Å²) in [5.74, 6) is 0.621. The molecule has 6 nitrogen and oxygen atoms in total. The minimum atomic E-state index is -0.264. The van der Waals surface area contributed by atoms with Crippen molar-refractivity contribution in [1.82, 2.24) is 25.3 Å². The van der Waals surface area contributed by atoms with E-state index in [-0.39, 0.29) is 11.9 Å². The quantitative estimate of drug-likeness (QED) is 0.367. The summed E-state index contributed by atoms with van der Waals surface area (Å²) in [6, 6.07) is 17.6. The highest BCUT2D eigenvalue weighted by molar-refractivity contribution is 9.10. The lowest BCUT2D eigenvalue weighted by molar-refractivity contribution is 0.0942. The van der Waals surface area contributed by atoms with Gasteiger partial charge in [-0.15, -0.1) is 0 Å². The third-order valence-corrected chi connectivity index (χ3v) is 6.41. The van der Waals surface area contributed by atoms with Crippen LogP contribution in [0.5, 0.6) is 0 Å². The van der Waals surface area contributed by atoms with Gasteiger partial charge in [0.25, 0.3) is 5.91 Å². The molecule has 0 saturated carbocycles. The Morgan fingerprint density at radius 2 is 1.69 bits per heavy atom. The molecule has 32 heavy (non-hydrogen) atoms. The van der Waals surface area contributed by atoms with Gasteiger partial charge in [0.15, 0.2) is 0 Å². The number of pyridine rings is 2. The number of imidazole rings is 1. The molecule has 3 aromatic heterocycles. The minimum Gasteiger partial charge on any atom is -0.341 e. The fraction of sp³-hybridized carbons (Fsp3) is 0.0400. The van der Waals surface area contributed by atoms with Crippen molar-refractivity contribution in [3.63, 3.8) is 0 Å². The number of hydrogen-bond acceptors (Lipinski definition) is 4. The number of fused-ring (bicyclic) bond motifs is 4. The highest BCUT2D eigenvalue weighted by Crippen LogP contribution is 2.47. The molecule has 1 aliphatic carbocycles. The van der Waals surface area contributed by atoms with Gasteiger partial charge in [-0.2, -0.15) is 0 Å². The van der Waals surface area contributed by atoms with Gasteiger partial charge in [-0.1, -0.05) is 42.5 Å². The molecule has 0 spiro atoms. The topological polar surface area (TPSA) is 83.6 Å². The van der Waals surface area contributed by atoms with Crippen molar-refractivity contribution < 1.29 is 4.79 Å². The Morgan fingerprint density at radius 1 is 0.906 bits per heavy atom. The van der Waals surface area contributed by atoms with Gasteiger partial charge < -0.3 is 10.3 Å². The van der Waals surface area contributed by atoms with E-state index in [4.69, 9.17) is 4.98 Å². The van der Waals surface area contributed by atoms with Crippen molar-refractivity contribution in [3.8, 4) is 22.5 Å². The number of H-pyrrole nitrogens is 1. The number of aromatic nitrogens is 4. The van der Waals surface area contributed by atoms with Crippen LogP contribution in [0.4, 0.5) is 0 Å². The molecule has 5 aromatic rings. The van der Waals surface area contributed by atoms with E-state index in [0.29, 0.717) is 10.0 Å². The Morgan fingerprint density at radius 3 is 2.56 bits per heavy atom.